The predicted molar refractivity (Wildman–Crippen MR) is 106 cm³/mol. The Morgan fingerprint density at radius 1 is 1.14 bits per heavy atom. The van der Waals surface area contributed by atoms with Crippen molar-refractivity contribution in [2.24, 2.45) is 12.2 Å². The highest BCUT2D eigenvalue weighted by Gasteiger charge is 2.29. The Labute approximate surface area is 164 Å². The molecular formula is C19H22N6O2S. The molecule has 0 unspecified atom stereocenters. The molecule has 8 nitrogen and oxygen atoms in total. The molecule has 9 heteroatoms. The Kier molecular flexibility index (Phi) is 4.86. The molecule has 1 fully saturated rings. The zero-order chi connectivity index (χ0) is 19.7. The summed E-state index contributed by atoms with van der Waals surface area (Å²) in [7, 11) is -1.92. The number of anilines is 1. The maximum atomic E-state index is 12.3. The smallest absolute Gasteiger partial charge is 0.240 e. The third kappa shape index (κ3) is 3.50. The Balaban J connectivity index is 1.72. The van der Waals surface area contributed by atoms with Gasteiger partial charge >= 0.3 is 0 Å². The van der Waals surface area contributed by atoms with Gasteiger partial charge in [-0.3, -0.25) is 4.98 Å². The van der Waals surface area contributed by atoms with E-state index in [2.05, 4.69) is 20.1 Å². The van der Waals surface area contributed by atoms with Crippen LogP contribution in [0.3, 0.4) is 0 Å². The molecule has 1 aliphatic rings. The van der Waals surface area contributed by atoms with E-state index >= 15 is 0 Å². The minimum atomic E-state index is -3.87. The van der Waals surface area contributed by atoms with E-state index in [4.69, 9.17) is 5.14 Å². The molecule has 0 atom stereocenters. The van der Waals surface area contributed by atoms with Crippen molar-refractivity contribution >= 4 is 15.7 Å². The number of hydrogen-bond donors (Lipinski definition) is 1. The van der Waals surface area contributed by atoms with Crippen LogP contribution in [0.2, 0.25) is 0 Å². The van der Waals surface area contributed by atoms with Gasteiger partial charge in [0.15, 0.2) is 0 Å². The molecule has 2 aromatic heterocycles. The average Bonchev–Trinajstić information content (AvgIpc) is 3.13. The number of nitrogens with two attached hydrogens (primary N) is 1. The fourth-order valence-corrected chi connectivity index (χ4v) is 4.63. The summed E-state index contributed by atoms with van der Waals surface area (Å²) in [5.74, 6) is 1.26. The molecule has 0 amide bonds. The van der Waals surface area contributed by atoms with Crippen LogP contribution in [0, 0.1) is 0 Å². The number of aromatic nitrogens is 4. The normalized spacial score (nSPS) is 15.7. The average molecular weight is 398 g/mol. The quantitative estimate of drug-likeness (QED) is 0.719. The fourth-order valence-electron chi connectivity index (χ4n) is 3.86. The summed E-state index contributed by atoms with van der Waals surface area (Å²) in [6.07, 6.45) is 6.85. The largest absolute Gasteiger partial charge is 0.370 e. The van der Waals surface area contributed by atoms with Gasteiger partial charge < -0.3 is 9.47 Å². The minimum absolute atomic E-state index is 0.144. The van der Waals surface area contributed by atoms with E-state index in [1.165, 1.54) is 0 Å². The number of primary sulfonamides is 1. The van der Waals surface area contributed by atoms with Crippen molar-refractivity contribution < 1.29 is 8.42 Å². The highest BCUT2D eigenvalue weighted by Crippen LogP contribution is 2.39. The number of sulfonamides is 1. The molecule has 0 spiro atoms. The van der Waals surface area contributed by atoms with E-state index in [-0.39, 0.29) is 4.90 Å². The molecule has 1 aliphatic heterocycles. The number of hydrogen-bond acceptors (Lipinski definition) is 6. The van der Waals surface area contributed by atoms with Crippen LogP contribution in [0.1, 0.15) is 24.6 Å². The number of para-hydroxylation sites is 1. The zero-order valence-electron chi connectivity index (χ0n) is 15.6. The second kappa shape index (κ2) is 7.33. The number of benzene rings is 1. The molecule has 1 saturated heterocycles. The van der Waals surface area contributed by atoms with E-state index < -0.39 is 10.0 Å². The van der Waals surface area contributed by atoms with Gasteiger partial charge in [0, 0.05) is 49.6 Å². The molecule has 0 radical (unpaired) electrons. The summed E-state index contributed by atoms with van der Waals surface area (Å²) in [5.41, 5.74) is 2.32. The maximum absolute atomic E-state index is 12.3. The SMILES string of the molecule is Cn1cnnc1C1CCN(c2c(-c3cccnc3)cccc2S(N)(=O)=O)CC1. The molecule has 0 saturated carbocycles. The van der Waals surface area contributed by atoms with Gasteiger partial charge in [-0.25, -0.2) is 13.6 Å². The van der Waals surface area contributed by atoms with Crippen LogP contribution < -0.4 is 10.0 Å². The van der Waals surface area contributed by atoms with Crippen molar-refractivity contribution in [1.29, 1.82) is 0 Å². The van der Waals surface area contributed by atoms with Crippen molar-refractivity contribution in [2.75, 3.05) is 18.0 Å². The Hall–Kier alpha value is -2.78. The van der Waals surface area contributed by atoms with Gasteiger partial charge in [-0.05, 0) is 25.0 Å². The zero-order valence-corrected chi connectivity index (χ0v) is 16.4. The molecule has 4 rings (SSSR count). The van der Waals surface area contributed by atoms with Crippen LogP contribution in [0.5, 0.6) is 0 Å². The van der Waals surface area contributed by atoms with Crippen LogP contribution in [-0.2, 0) is 17.1 Å². The number of pyridine rings is 1. The topological polar surface area (TPSA) is 107 Å². The van der Waals surface area contributed by atoms with E-state index in [0.717, 1.165) is 29.8 Å². The molecule has 28 heavy (non-hydrogen) atoms. The molecule has 146 valence electrons. The molecule has 3 heterocycles. The van der Waals surface area contributed by atoms with Crippen LogP contribution in [0.4, 0.5) is 5.69 Å². The van der Waals surface area contributed by atoms with E-state index in [1.807, 2.05) is 29.8 Å². The monoisotopic (exact) mass is 398 g/mol. The first-order valence-electron chi connectivity index (χ1n) is 9.10. The lowest BCUT2D eigenvalue weighted by atomic mass is 9.94. The molecular weight excluding hydrogens is 376 g/mol. The van der Waals surface area contributed by atoms with Gasteiger partial charge in [0.25, 0.3) is 0 Å². The third-order valence-corrected chi connectivity index (χ3v) is 6.14. The molecule has 1 aromatic carbocycles. The first kappa shape index (κ1) is 18.6. The Morgan fingerprint density at radius 3 is 2.54 bits per heavy atom. The lowest BCUT2D eigenvalue weighted by molar-refractivity contribution is 0.473. The first-order chi connectivity index (χ1) is 13.4. The van der Waals surface area contributed by atoms with Gasteiger partial charge in [0.1, 0.15) is 17.0 Å². The minimum Gasteiger partial charge on any atom is -0.370 e. The predicted octanol–water partition coefficient (Wildman–Crippen LogP) is 1.91. The Bertz CT molecular complexity index is 1070. The molecule has 2 N–H and O–H groups in total. The highest BCUT2D eigenvalue weighted by molar-refractivity contribution is 7.89. The van der Waals surface area contributed by atoms with Crippen molar-refractivity contribution in [3.8, 4) is 11.1 Å². The Morgan fingerprint density at radius 2 is 1.93 bits per heavy atom. The van der Waals surface area contributed by atoms with E-state index in [0.29, 0.717) is 24.7 Å². The second-order valence-electron chi connectivity index (χ2n) is 7.00. The second-order valence-corrected chi connectivity index (χ2v) is 8.53. The molecule has 0 bridgehead atoms. The third-order valence-electron chi connectivity index (χ3n) is 5.20. The summed E-state index contributed by atoms with van der Waals surface area (Å²) in [5, 5.41) is 13.7. The van der Waals surface area contributed by atoms with Crippen LogP contribution in [0.25, 0.3) is 11.1 Å². The molecule has 0 aliphatic carbocycles. The maximum Gasteiger partial charge on any atom is 0.240 e. The lowest BCUT2D eigenvalue weighted by Crippen LogP contribution is -2.35. The standard InChI is InChI=1S/C19H22N6O2S/c1-24-13-22-23-19(24)14-7-10-25(11-8-14)18-16(15-4-3-9-21-12-15)5-2-6-17(18)28(20,26)27/h2-6,9,12-14H,7-8,10-11H2,1H3,(H2,20,26,27). The summed E-state index contributed by atoms with van der Waals surface area (Å²) < 4.78 is 26.5. The number of piperidine rings is 1. The van der Waals surface area contributed by atoms with Crippen LogP contribution in [-0.4, -0.2) is 41.3 Å². The van der Waals surface area contributed by atoms with E-state index in [9.17, 15) is 8.42 Å². The highest BCUT2D eigenvalue weighted by atomic mass is 32.2. The summed E-state index contributed by atoms with van der Waals surface area (Å²) in [4.78, 5) is 6.43. The van der Waals surface area contributed by atoms with Gasteiger partial charge in [-0.1, -0.05) is 18.2 Å². The van der Waals surface area contributed by atoms with Gasteiger partial charge in [0.2, 0.25) is 10.0 Å². The van der Waals surface area contributed by atoms with Crippen molar-refractivity contribution in [1.82, 2.24) is 19.7 Å². The van der Waals surface area contributed by atoms with Gasteiger partial charge in [-0.2, -0.15) is 0 Å². The summed E-state index contributed by atoms with van der Waals surface area (Å²) in [6.45, 7) is 1.41. The number of rotatable bonds is 4. The fraction of sp³-hybridized carbons (Fsp3) is 0.316. The first-order valence-corrected chi connectivity index (χ1v) is 10.6. The van der Waals surface area contributed by atoms with Crippen LogP contribution >= 0.6 is 0 Å². The van der Waals surface area contributed by atoms with Crippen molar-refractivity contribution in [3.05, 3.63) is 54.9 Å². The number of nitrogens with zero attached hydrogens (tertiary/aromatic N) is 5. The van der Waals surface area contributed by atoms with Gasteiger partial charge in [0.05, 0.1) is 5.69 Å². The van der Waals surface area contributed by atoms with Crippen molar-refractivity contribution in [2.45, 2.75) is 23.7 Å². The number of aryl methyl sites for hydroxylation is 1. The van der Waals surface area contributed by atoms with Crippen LogP contribution in [0.15, 0.2) is 53.9 Å². The molecule has 3 aromatic rings. The van der Waals surface area contributed by atoms with E-state index in [1.54, 1.807) is 30.9 Å². The summed E-state index contributed by atoms with van der Waals surface area (Å²) >= 11 is 0. The lowest BCUT2D eigenvalue weighted by Gasteiger charge is -2.35. The van der Waals surface area contributed by atoms with Crippen molar-refractivity contribution in [3.63, 3.8) is 0 Å². The summed E-state index contributed by atoms with van der Waals surface area (Å²) in [6, 6.07) is 8.96. The van der Waals surface area contributed by atoms with Gasteiger partial charge in [-0.15, -0.1) is 10.2 Å².